The van der Waals surface area contributed by atoms with Crippen LogP contribution in [-0.4, -0.2) is 29.4 Å². The molecule has 1 aliphatic heterocycles. The van der Waals surface area contributed by atoms with Crippen molar-refractivity contribution in [3.63, 3.8) is 0 Å². The van der Waals surface area contributed by atoms with Gasteiger partial charge in [-0.2, -0.15) is 5.26 Å². The average molecular weight is 290 g/mol. The van der Waals surface area contributed by atoms with E-state index in [9.17, 15) is 10.1 Å². The lowest BCUT2D eigenvalue weighted by Crippen LogP contribution is -2.31. The Balaban J connectivity index is 2.34. The first-order chi connectivity index (χ1) is 9.67. The predicted molar refractivity (Wildman–Crippen MR) is 80.2 cm³/mol. The zero-order valence-corrected chi connectivity index (χ0v) is 12.3. The van der Waals surface area contributed by atoms with Crippen molar-refractivity contribution in [3.8, 4) is 6.07 Å². The molecule has 4 nitrogen and oxygen atoms in total. The molecule has 0 amide bonds. The van der Waals surface area contributed by atoms with Crippen molar-refractivity contribution < 1.29 is 9.90 Å². The van der Waals surface area contributed by atoms with Crippen LogP contribution in [0.1, 0.15) is 31.7 Å². The zero-order chi connectivity index (χ0) is 14.5. The molecule has 5 heteroatoms. The Morgan fingerprint density at radius 3 is 3.05 bits per heavy atom. The molecule has 1 unspecified atom stereocenters. The number of nitriles is 1. The number of thioether (sulfide) groups is 1. The molecule has 0 bridgehead atoms. The summed E-state index contributed by atoms with van der Waals surface area (Å²) in [5, 5.41) is 18.5. The van der Waals surface area contributed by atoms with Crippen molar-refractivity contribution in [2.75, 3.05) is 17.2 Å². The largest absolute Gasteiger partial charge is 0.481 e. The Labute approximate surface area is 123 Å². The van der Waals surface area contributed by atoms with E-state index in [1.807, 2.05) is 18.2 Å². The van der Waals surface area contributed by atoms with E-state index in [0.29, 0.717) is 5.56 Å². The minimum absolute atomic E-state index is 0.00137. The molecule has 1 atom stereocenters. The van der Waals surface area contributed by atoms with Crippen molar-refractivity contribution >= 4 is 23.4 Å². The van der Waals surface area contributed by atoms with Crippen LogP contribution in [0.3, 0.4) is 0 Å². The van der Waals surface area contributed by atoms with E-state index >= 15 is 0 Å². The topological polar surface area (TPSA) is 64.3 Å². The van der Waals surface area contributed by atoms with Crippen LogP contribution >= 0.6 is 11.8 Å². The smallest absolute Gasteiger partial charge is 0.305 e. The molecular formula is C15H18N2O2S. The van der Waals surface area contributed by atoms with Crippen molar-refractivity contribution in [2.45, 2.75) is 37.1 Å². The van der Waals surface area contributed by atoms with Crippen LogP contribution in [0.4, 0.5) is 5.69 Å². The van der Waals surface area contributed by atoms with Gasteiger partial charge in [-0.15, -0.1) is 11.8 Å². The molecule has 1 aromatic carbocycles. The lowest BCUT2D eigenvalue weighted by Gasteiger charge is -2.27. The Morgan fingerprint density at radius 2 is 2.40 bits per heavy atom. The molecule has 20 heavy (non-hydrogen) atoms. The fourth-order valence-electron chi connectivity index (χ4n) is 2.71. The number of hydrogen-bond acceptors (Lipinski definition) is 4. The van der Waals surface area contributed by atoms with Gasteiger partial charge in [-0.05, 0) is 30.7 Å². The predicted octanol–water partition coefficient (Wildman–Crippen LogP) is 3.11. The molecule has 0 aliphatic carbocycles. The number of hydrogen-bond donors (Lipinski definition) is 1. The third kappa shape index (κ3) is 3.07. The maximum atomic E-state index is 11.0. The Kier molecular flexibility index (Phi) is 4.91. The first-order valence-corrected chi connectivity index (χ1v) is 7.80. The Morgan fingerprint density at radius 1 is 1.60 bits per heavy atom. The minimum atomic E-state index is -0.778. The molecule has 1 aliphatic rings. The van der Waals surface area contributed by atoms with Gasteiger partial charge in [0.15, 0.2) is 0 Å². The van der Waals surface area contributed by atoms with Crippen LogP contribution < -0.4 is 4.90 Å². The van der Waals surface area contributed by atoms with Crippen LogP contribution in [-0.2, 0) is 4.79 Å². The number of carbonyl (C=O) groups is 1. The summed E-state index contributed by atoms with van der Waals surface area (Å²) in [5.41, 5.74) is 1.56. The van der Waals surface area contributed by atoms with Crippen molar-refractivity contribution in [1.82, 2.24) is 0 Å². The van der Waals surface area contributed by atoms with E-state index in [1.165, 1.54) is 0 Å². The SMILES string of the molecule is CCSc1cccc(N2CCCC2CC(=O)O)c1C#N. The first kappa shape index (κ1) is 14.7. The summed E-state index contributed by atoms with van der Waals surface area (Å²) in [4.78, 5) is 14.0. The molecular weight excluding hydrogens is 272 g/mol. The number of anilines is 1. The highest BCUT2D eigenvalue weighted by Crippen LogP contribution is 2.34. The minimum Gasteiger partial charge on any atom is -0.481 e. The van der Waals surface area contributed by atoms with E-state index in [1.54, 1.807) is 11.8 Å². The average Bonchev–Trinajstić information content (AvgIpc) is 2.86. The van der Waals surface area contributed by atoms with Crippen LogP contribution in [0.5, 0.6) is 0 Å². The van der Waals surface area contributed by atoms with Crippen LogP contribution in [0.2, 0.25) is 0 Å². The standard InChI is InChI=1S/C15H18N2O2S/c1-2-20-14-7-3-6-13(12(14)10-16)17-8-4-5-11(17)9-15(18)19/h3,6-7,11H,2,4-5,8-9H2,1H3,(H,18,19). The molecule has 1 fully saturated rings. The quantitative estimate of drug-likeness (QED) is 0.844. The molecule has 0 saturated carbocycles. The van der Waals surface area contributed by atoms with Gasteiger partial charge < -0.3 is 10.0 Å². The highest BCUT2D eigenvalue weighted by molar-refractivity contribution is 7.99. The second kappa shape index (κ2) is 6.67. The molecule has 0 radical (unpaired) electrons. The van der Waals surface area contributed by atoms with Gasteiger partial charge in [-0.3, -0.25) is 4.79 Å². The molecule has 0 spiro atoms. The summed E-state index contributed by atoms with van der Waals surface area (Å²) in [5.74, 6) is 0.135. The fraction of sp³-hybridized carbons (Fsp3) is 0.467. The zero-order valence-electron chi connectivity index (χ0n) is 11.5. The Hall–Kier alpha value is -1.67. The van der Waals surface area contributed by atoms with Gasteiger partial charge in [0.2, 0.25) is 0 Å². The molecule has 1 heterocycles. The summed E-state index contributed by atoms with van der Waals surface area (Å²) in [7, 11) is 0. The van der Waals surface area contributed by atoms with Crippen LogP contribution in [0.25, 0.3) is 0 Å². The third-order valence-electron chi connectivity index (χ3n) is 3.51. The maximum Gasteiger partial charge on any atom is 0.305 e. The van der Waals surface area contributed by atoms with Crippen LogP contribution in [0.15, 0.2) is 23.1 Å². The monoisotopic (exact) mass is 290 g/mol. The number of rotatable bonds is 5. The van der Waals surface area contributed by atoms with Gasteiger partial charge in [-0.25, -0.2) is 0 Å². The third-order valence-corrected chi connectivity index (χ3v) is 4.45. The molecule has 0 aromatic heterocycles. The number of benzene rings is 1. The summed E-state index contributed by atoms with van der Waals surface area (Å²) >= 11 is 1.65. The summed E-state index contributed by atoms with van der Waals surface area (Å²) < 4.78 is 0. The second-order valence-electron chi connectivity index (χ2n) is 4.78. The maximum absolute atomic E-state index is 11.0. The molecule has 1 aromatic rings. The van der Waals surface area contributed by atoms with Gasteiger partial charge in [0, 0.05) is 17.5 Å². The van der Waals surface area contributed by atoms with E-state index < -0.39 is 5.97 Å². The summed E-state index contributed by atoms with van der Waals surface area (Å²) in [6.07, 6.45) is 1.99. The van der Waals surface area contributed by atoms with Crippen molar-refractivity contribution in [1.29, 1.82) is 5.26 Å². The normalized spacial score (nSPS) is 18.0. The fourth-order valence-corrected chi connectivity index (χ4v) is 3.49. The highest BCUT2D eigenvalue weighted by Gasteiger charge is 2.28. The van der Waals surface area contributed by atoms with E-state index in [4.69, 9.17) is 5.11 Å². The van der Waals surface area contributed by atoms with Crippen molar-refractivity contribution in [2.24, 2.45) is 0 Å². The van der Waals surface area contributed by atoms with Gasteiger partial charge in [0.1, 0.15) is 6.07 Å². The van der Waals surface area contributed by atoms with Crippen molar-refractivity contribution in [3.05, 3.63) is 23.8 Å². The number of aliphatic carboxylic acids is 1. The Bertz CT molecular complexity index is 539. The molecule has 1 N–H and O–H groups in total. The number of carboxylic acid groups (broad SMARTS) is 1. The lowest BCUT2D eigenvalue weighted by molar-refractivity contribution is -0.137. The van der Waals surface area contributed by atoms with Gasteiger partial charge in [0.25, 0.3) is 0 Å². The van der Waals surface area contributed by atoms with E-state index in [2.05, 4.69) is 17.9 Å². The van der Waals surface area contributed by atoms with E-state index in [-0.39, 0.29) is 12.5 Å². The molecule has 2 rings (SSSR count). The van der Waals surface area contributed by atoms with Gasteiger partial charge in [0.05, 0.1) is 17.7 Å². The van der Waals surface area contributed by atoms with Crippen LogP contribution in [0, 0.1) is 11.3 Å². The molecule has 106 valence electrons. The lowest BCUT2D eigenvalue weighted by atomic mass is 10.1. The second-order valence-corrected chi connectivity index (χ2v) is 6.09. The molecule has 1 saturated heterocycles. The van der Waals surface area contributed by atoms with Gasteiger partial charge >= 0.3 is 5.97 Å². The number of nitrogens with zero attached hydrogens (tertiary/aromatic N) is 2. The summed E-state index contributed by atoms with van der Waals surface area (Å²) in [6.45, 7) is 2.88. The van der Waals surface area contributed by atoms with E-state index in [0.717, 1.165) is 35.7 Å². The number of carboxylic acids is 1. The van der Waals surface area contributed by atoms with Gasteiger partial charge in [-0.1, -0.05) is 13.0 Å². The summed E-state index contributed by atoms with van der Waals surface area (Å²) in [6, 6.07) is 8.13. The highest BCUT2D eigenvalue weighted by atomic mass is 32.2. The first-order valence-electron chi connectivity index (χ1n) is 6.81.